The Labute approximate surface area is 117 Å². The van der Waals surface area contributed by atoms with Gasteiger partial charge in [0.1, 0.15) is 11.6 Å². The molecular weight excluding hydrogens is 256 g/mol. The van der Waals surface area contributed by atoms with Gasteiger partial charge in [-0.2, -0.15) is 0 Å². The number of methoxy groups -OCH3 is 2. The molecule has 0 amide bonds. The summed E-state index contributed by atoms with van der Waals surface area (Å²) < 4.78 is 16.3. The van der Waals surface area contributed by atoms with Gasteiger partial charge in [-0.3, -0.25) is 5.41 Å². The van der Waals surface area contributed by atoms with Gasteiger partial charge in [-0.1, -0.05) is 6.07 Å². The van der Waals surface area contributed by atoms with Crippen molar-refractivity contribution in [3.05, 3.63) is 48.0 Å². The lowest BCUT2D eigenvalue weighted by Crippen LogP contribution is -2.10. The minimum absolute atomic E-state index is 0.0198. The highest BCUT2D eigenvalue weighted by Gasteiger charge is 2.12. The molecule has 20 heavy (non-hydrogen) atoms. The monoisotopic (exact) mass is 272 g/mol. The zero-order chi connectivity index (χ0) is 14.5. The number of rotatable bonds is 5. The number of benzene rings is 2. The molecule has 2 aromatic carbocycles. The van der Waals surface area contributed by atoms with Crippen molar-refractivity contribution in [3.63, 3.8) is 0 Å². The highest BCUT2D eigenvalue weighted by atomic mass is 16.5. The highest BCUT2D eigenvalue weighted by molar-refractivity contribution is 5.94. The van der Waals surface area contributed by atoms with Crippen LogP contribution >= 0.6 is 0 Å². The number of hydrogen-bond donors (Lipinski definition) is 2. The van der Waals surface area contributed by atoms with Crippen molar-refractivity contribution in [1.29, 1.82) is 5.41 Å². The van der Waals surface area contributed by atoms with Crippen LogP contribution in [-0.2, 0) is 0 Å². The van der Waals surface area contributed by atoms with E-state index in [0.717, 1.165) is 0 Å². The number of nitrogens with two attached hydrogens (primary N) is 1. The second kappa shape index (κ2) is 5.97. The Hall–Kier alpha value is -2.69. The standard InChI is InChI=1S/C15H16N2O3/c1-18-12-4-3-5-13(19-2)14(12)20-11-8-6-10(7-9-11)15(16)17/h3-9H,1-2H3,(H3,16,17). The van der Waals surface area contributed by atoms with Crippen LogP contribution in [0.5, 0.6) is 23.0 Å². The molecular formula is C15H16N2O3. The van der Waals surface area contributed by atoms with E-state index in [2.05, 4.69) is 0 Å². The van der Waals surface area contributed by atoms with Crippen LogP contribution in [0.25, 0.3) is 0 Å². The lowest BCUT2D eigenvalue weighted by atomic mass is 10.2. The van der Waals surface area contributed by atoms with E-state index in [4.69, 9.17) is 25.4 Å². The Balaban J connectivity index is 2.31. The third kappa shape index (κ3) is 2.83. The third-order valence-corrected chi connectivity index (χ3v) is 2.77. The Bertz CT molecular complexity index is 587. The molecule has 0 bridgehead atoms. The molecule has 2 aromatic rings. The summed E-state index contributed by atoms with van der Waals surface area (Å²) in [5.41, 5.74) is 6.05. The summed E-state index contributed by atoms with van der Waals surface area (Å²) in [6.07, 6.45) is 0. The van der Waals surface area contributed by atoms with Gasteiger partial charge in [0.25, 0.3) is 0 Å². The van der Waals surface area contributed by atoms with E-state index in [-0.39, 0.29) is 5.84 Å². The van der Waals surface area contributed by atoms with Crippen LogP contribution in [-0.4, -0.2) is 20.1 Å². The summed E-state index contributed by atoms with van der Waals surface area (Å²) in [4.78, 5) is 0. The first-order valence-electron chi connectivity index (χ1n) is 5.99. The fourth-order valence-electron chi connectivity index (χ4n) is 1.74. The van der Waals surface area contributed by atoms with Gasteiger partial charge < -0.3 is 19.9 Å². The highest BCUT2D eigenvalue weighted by Crippen LogP contribution is 2.39. The number of ether oxygens (including phenoxy) is 3. The second-order valence-electron chi connectivity index (χ2n) is 4.03. The van der Waals surface area contributed by atoms with Crippen LogP contribution in [0.3, 0.4) is 0 Å². The first kappa shape index (κ1) is 13.7. The Morgan fingerprint density at radius 2 is 1.50 bits per heavy atom. The van der Waals surface area contributed by atoms with E-state index in [1.165, 1.54) is 0 Å². The summed E-state index contributed by atoms with van der Waals surface area (Å²) in [6, 6.07) is 12.3. The van der Waals surface area contributed by atoms with Crippen LogP contribution in [0.4, 0.5) is 0 Å². The van der Waals surface area contributed by atoms with Crippen molar-refractivity contribution >= 4 is 5.84 Å². The molecule has 5 nitrogen and oxygen atoms in total. The molecule has 3 N–H and O–H groups in total. The fourth-order valence-corrected chi connectivity index (χ4v) is 1.74. The zero-order valence-corrected chi connectivity index (χ0v) is 11.3. The summed E-state index contributed by atoms with van der Waals surface area (Å²) in [7, 11) is 3.14. The number of nitrogen functional groups attached to an aromatic ring is 1. The smallest absolute Gasteiger partial charge is 0.210 e. The van der Waals surface area contributed by atoms with Gasteiger partial charge in [-0.15, -0.1) is 0 Å². The van der Waals surface area contributed by atoms with E-state index in [1.54, 1.807) is 50.6 Å². The van der Waals surface area contributed by atoms with Gasteiger partial charge in [0.2, 0.25) is 5.75 Å². The van der Waals surface area contributed by atoms with Crippen molar-refractivity contribution in [3.8, 4) is 23.0 Å². The molecule has 2 rings (SSSR count). The fraction of sp³-hybridized carbons (Fsp3) is 0.133. The molecule has 5 heteroatoms. The normalized spacial score (nSPS) is 9.90. The Kier molecular flexibility index (Phi) is 4.10. The lowest BCUT2D eigenvalue weighted by Gasteiger charge is -2.13. The molecule has 0 aliphatic rings. The summed E-state index contributed by atoms with van der Waals surface area (Å²) in [5.74, 6) is 2.30. The van der Waals surface area contributed by atoms with Crippen molar-refractivity contribution in [2.24, 2.45) is 5.73 Å². The van der Waals surface area contributed by atoms with Crippen molar-refractivity contribution in [2.45, 2.75) is 0 Å². The molecule has 0 saturated heterocycles. The van der Waals surface area contributed by atoms with Crippen LogP contribution in [0.2, 0.25) is 0 Å². The molecule has 0 aliphatic carbocycles. The predicted octanol–water partition coefficient (Wildman–Crippen LogP) is 2.78. The number of nitrogens with one attached hydrogen (secondary N) is 1. The lowest BCUT2D eigenvalue weighted by molar-refractivity contribution is 0.346. The maximum absolute atomic E-state index is 7.35. The van der Waals surface area contributed by atoms with Gasteiger partial charge in [0.05, 0.1) is 14.2 Å². The number of para-hydroxylation sites is 1. The van der Waals surface area contributed by atoms with Crippen molar-refractivity contribution < 1.29 is 14.2 Å². The first-order chi connectivity index (χ1) is 9.65. The van der Waals surface area contributed by atoms with Crippen LogP contribution in [0, 0.1) is 5.41 Å². The zero-order valence-electron chi connectivity index (χ0n) is 11.3. The van der Waals surface area contributed by atoms with E-state index >= 15 is 0 Å². The van der Waals surface area contributed by atoms with E-state index in [9.17, 15) is 0 Å². The largest absolute Gasteiger partial charge is 0.493 e. The number of hydrogen-bond acceptors (Lipinski definition) is 4. The maximum atomic E-state index is 7.35. The average molecular weight is 272 g/mol. The maximum Gasteiger partial charge on any atom is 0.210 e. The predicted molar refractivity (Wildman–Crippen MR) is 77.1 cm³/mol. The molecule has 0 saturated carbocycles. The third-order valence-electron chi connectivity index (χ3n) is 2.77. The topological polar surface area (TPSA) is 77.6 Å². The summed E-state index contributed by atoms with van der Waals surface area (Å²) >= 11 is 0. The van der Waals surface area contributed by atoms with Crippen LogP contribution in [0.1, 0.15) is 5.56 Å². The van der Waals surface area contributed by atoms with Crippen LogP contribution < -0.4 is 19.9 Å². The molecule has 0 fully saturated rings. The van der Waals surface area contributed by atoms with Crippen molar-refractivity contribution in [2.75, 3.05) is 14.2 Å². The first-order valence-corrected chi connectivity index (χ1v) is 5.99. The van der Waals surface area contributed by atoms with Gasteiger partial charge in [0, 0.05) is 5.56 Å². The molecule has 0 atom stereocenters. The van der Waals surface area contributed by atoms with E-state index < -0.39 is 0 Å². The molecule has 0 radical (unpaired) electrons. The minimum atomic E-state index is 0.0198. The van der Waals surface area contributed by atoms with Gasteiger partial charge in [0.15, 0.2) is 11.5 Å². The summed E-state index contributed by atoms with van der Waals surface area (Å²) in [6.45, 7) is 0. The van der Waals surface area contributed by atoms with E-state index in [0.29, 0.717) is 28.6 Å². The molecule has 0 spiro atoms. The molecule has 0 aromatic heterocycles. The second-order valence-corrected chi connectivity index (χ2v) is 4.03. The molecule has 0 unspecified atom stereocenters. The average Bonchev–Trinajstić information content (AvgIpc) is 2.48. The van der Waals surface area contributed by atoms with E-state index in [1.807, 2.05) is 6.07 Å². The molecule has 0 aliphatic heterocycles. The SMILES string of the molecule is COc1cccc(OC)c1Oc1ccc(C(=N)N)cc1. The van der Waals surface area contributed by atoms with Crippen LogP contribution in [0.15, 0.2) is 42.5 Å². The number of amidine groups is 1. The molecule has 104 valence electrons. The van der Waals surface area contributed by atoms with Crippen molar-refractivity contribution in [1.82, 2.24) is 0 Å². The Morgan fingerprint density at radius 3 is 1.95 bits per heavy atom. The summed E-state index contributed by atoms with van der Waals surface area (Å²) in [5, 5.41) is 7.35. The Morgan fingerprint density at radius 1 is 0.950 bits per heavy atom. The quantitative estimate of drug-likeness (QED) is 0.648. The van der Waals surface area contributed by atoms with Gasteiger partial charge >= 0.3 is 0 Å². The minimum Gasteiger partial charge on any atom is -0.493 e. The van der Waals surface area contributed by atoms with Gasteiger partial charge in [-0.25, -0.2) is 0 Å². The van der Waals surface area contributed by atoms with Gasteiger partial charge in [-0.05, 0) is 36.4 Å². The molecule has 0 heterocycles.